The van der Waals surface area contributed by atoms with Gasteiger partial charge < -0.3 is 0 Å². The number of rotatable bonds is 5. The molecule has 0 radical (unpaired) electrons. The van der Waals surface area contributed by atoms with E-state index in [-0.39, 0.29) is 5.56 Å². The predicted octanol–water partition coefficient (Wildman–Crippen LogP) is 1.58. The van der Waals surface area contributed by atoms with Gasteiger partial charge in [0.1, 0.15) is 6.33 Å². The first-order chi connectivity index (χ1) is 11.3. The Morgan fingerprint density at radius 1 is 1.13 bits per heavy atom. The highest BCUT2D eigenvalue weighted by atomic mass is 16.1. The van der Waals surface area contributed by atoms with Crippen LogP contribution in [-0.2, 0) is 13.1 Å². The van der Waals surface area contributed by atoms with E-state index in [0.717, 1.165) is 37.2 Å². The van der Waals surface area contributed by atoms with Crippen LogP contribution in [0.1, 0.15) is 42.9 Å². The van der Waals surface area contributed by atoms with E-state index in [1.165, 1.54) is 12.8 Å². The minimum Gasteiger partial charge on any atom is -0.294 e. The second kappa shape index (κ2) is 6.20. The van der Waals surface area contributed by atoms with Gasteiger partial charge in [0.25, 0.3) is 5.56 Å². The van der Waals surface area contributed by atoms with E-state index in [1.54, 1.807) is 17.1 Å². The van der Waals surface area contributed by atoms with E-state index in [9.17, 15) is 4.79 Å². The summed E-state index contributed by atoms with van der Waals surface area (Å²) in [5, 5.41) is 4.59. The second-order valence-corrected chi connectivity index (χ2v) is 6.57. The van der Waals surface area contributed by atoms with E-state index in [4.69, 9.17) is 0 Å². The third kappa shape index (κ3) is 3.32. The van der Waals surface area contributed by atoms with Crippen molar-refractivity contribution >= 4 is 0 Å². The molecule has 1 saturated carbocycles. The van der Waals surface area contributed by atoms with Crippen molar-refractivity contribution in [2.24, 2.45) is 0 Å². The Kier molecular flexibility index (Phi) is 3.91. The molecule has 6 heteroatoms. The minimum atomic E-state index is 0.00398. The normalized spacial score (nSPS) is 21.7. The summed E-state index contributed by atoms with van der Waals surface area (Å²) < 4.78 is 1.66. The summed E-state index contributed by atoms with van der Waals surface area (Å²) in [4.78, 5) is 22.7. The summed E-state index contributed by atoms with van der Waals surface area (Å²) in [7, 11) is 0. The van der Waals surface area contributed by atoms with Crippen LogP contribution in [0, 0.1) is 0 Å². The van der Waals surface area contributed by atoms with Crippen LogP contribution in [0.25, 0.3) is 0 Å². The Morgan fingerprint density at radius 3 is 2.74 bits per heavy atom. The average Bonchev–Trinajstić information content (AvgIpc) is 3.33. The number of hydrogen-bond donors (Lipinski definition) is 0. The Hall–Kier alpha value is -2.08. The lowest BCUT2D eigenvalue weighted by Crippen LogP contribution is -2.36. The molecular formula is C17H21N5O. The Balaban J connectivity index is 1.49. The monoisotopic (exact) mass is 311 g/mol. The molecule has 1 unspecified atom stereocenters. The molecule has 1 aliphatic carbocycles. The molecule has 3 heterocycles. The fraction of sp³-hybridized carbons (Fsp3) is 0.529. The lowest BCUT2D eigenvalue weighted by Gasteiger charge is -2.24. The van der Waals surface area contributed by atoms with Crippen molar-refractivity contribution in [3.63, 3.8) is 0 Å². The molecule has 120 valence electrons. The summed E-state index contributed by atoms with van der Waals surface area (Å²) in [6.45, 7) is 2.56. The first kappa shape index (κ1) is 14.5. The lowest BCUT2D eigenvalue weighted by molar-refractivity contribution is 0.216. The molecule has 2 aromatic rings. The maximum atomic E-state index is 12.1. The molecule has 0 N–H and O–H groups in total. The van der Waals surface area contributed by atoms with Crippen LogP contribution < -0.4 is 5.56 Å². The standard InChI is InChI=1S/C17H21N5O/c23-17-6-5-16(14-3-4-14)20-22(17)11-15-2-1-7-21(15)10-13-8-18-12-19-9-13/h5-6,8-9,12,14-15H,1-4,7,10-11H2. The maximum absolute atomic E-state index is 12.1. The van der Waals surface area contributed by atoms with Gasteiger partial charge in [-0.25, -0.2) is 14.6 Å². The molecule has 2 fully saturated rings. The topological polar surface area (TPSA) is 63.9 Å². The van der Waals surface area contributed by atoms with Crippen molar-refractivity contribution in [2.45, 2.75) is 50.7 Å². The van der Waals surface area contributed by atoms with Gasteiger partial charge in [0.2, 0.25) is 0 Å². The van der Waals surface area contributed by atoms with Crippen LogP contribution in [0.5, 0.6) is 0 Å². The largest absolute Gasteiger partial charge is 0.294 e. The molecule has 1 aliphatic heterocycles. The molecule has 0 amide bonds. The number of likely N-dealkylation sites (tertiary alicyclic amines) is 1. The third-order valence-electron chi connectivity index (χ3n) is 4.77. The van der Waals surface area contributed by atoms with Gasteiger partial charge in [-0.3, -0.25) is 9.69 Å². The van der Waals surface area contributed by atoms with Crippen molar-refractivity contribution in [2.75, 3.05) is 6.54 Å². The summed E-state index contributed by atoms with van der Waals surface area (Å²) in [6, 6.07) is 3.92. The van der Waals surface area contributed by atoms with E-state index < -0.39 is 0 Å². The van der Waals surface area contributed by atoms with Crippen LogP contribution in [0.3, 0.4) is 0 Å². The predicted molar refractivity (Wildman–Crippen MR) is 85.9 cm³/mol. The molecule has 6 nitrogen and oxygen atoms in total. The molecule has 1 saturated heterocycles. The van der Waals surface area contributed by atoms with Crippen LogP contribution in [-0.4, -0.2) is 37.2 Å². The van der Waals surface area contributed by atoms with E-state index >= 15 is 0 Å². The van der Waals surface area contributed by atoms with Gasteiger partial charge in [-0.15, -0.1) is 0 Å². The summed E-state index contributed by atoms with van der Waals surface area (Å²) in [6.07, 6.45) is 9.95. The highest BCUT2D eigenvalue weighted by Gasteiger charge is 2.28. The average molecular weight is 311 g/mol. The summed E-state index contributed by atoms with van der Waals surface area (Å²) in [5.74, 6) is 0.572. The number of nitrogens with zero attached hydrogens (tertiary/aromatic N) is 5. The fourth-order valence-electron chi connectivity index (χ4n) is 3.35. The zero-order valence-electron chi connectivity index (χ0n) is 13.1. The van der Waals surface area contributed by atoms with Crippen LogP contribution in [0.4, 0.5) is 0 Å². The highest BCUT2D eigenvalue weighted by Crippen LogP contribution is 2.38. The van der Waals surface area contributed by atoms with Crippen LogP contribution in [0.2, 0.25) is 0 Å². The van der Waals surface area contributed by atoms with Gasteiger partial charge in [0, 0.05) is 42.5 Å². The van der Waals surface area contributed by atoms with Crippen molar-refractivity contribution < 1.29 is 0 Å². The molecule has 0 spiro atoms. The quantitative estimate of drug-likeness (QED) is 0.839. The second-order valence-electron chi connectivity index (χ2n) is 6.57. The Morgan fingerprint density at radius 2 is 1.96 bits per heavy atom. The van der Waals surface area contributed by atoms with Crippen molar-refractivity contribution in [3.05, 3.63) is 52.5 Å². The first-order valence-corrected chi connectivity index (χ1v) is 8.35. The SMILES string of the molecule is O=c1ccc(C2CC2)nn1CC1CCCN1Cc1cncnc1. The van der Waals surface area contributed by atoms with Crippen LogP contribution in [0.15, 0.2) is 35.6 Å². The molecule has 1 atom stereocenters. The fourth-order valence-corrected chi connectivity index (χ4v) is 3.35. The van der Waals surface area contributed by atoms with Crippen LogP contribution >= 0.6 is 0 Å². The van der Waals surface area contributed by atoms with Gasteiger partial charge in [-0.05, 0) is 38.3 Å². The first-order valence-electron chi connectivity index (χ1n) is 8.35. The smallest absolute Gasteiger partial charge is 0.266 e. The third-order valence-corrected chi connectivity index (χ3v) is 4.77. The number of aromatic nitrogens is 4. The van der Waals surface area contributed by atoms with Crippen molar-refractivity contribution in [3.8, 4) is 0 Å². The molecule has 0 aromatic carbocycles. The molecule has 23 heavy (non-hydrogen) atoms. The Bertz CT molecular complexity index is 725. The van der Waals surface area contributed by atoms with Gasteiger partial charge in [-0.1, -0.05) is 0 Å². The molecule has 2 aromatic heterocycles. The number of hydrogen-bond acceptors (Lipinski definition) is 5. The van der Waals surface area contributed by atoms with E-state index in [2.05, 4.69) is 20.0 Å². The zero-order chi connectivity index (χ0) is 15.6. The van der Waals surface area contributed by atoms with Gasteiger partial charge in [-0.2, -0.15) is 5.10 Å². The summed E-state index contributed by atoms with van der Waals surface area (Å²) in [5.41, 5.74) is 2.20. The molecule has 0 bridgehead atoms. The van der Waals surface area contributed by atoms with Gasteiger partial charge in [0.15, 0.2) is 0 Å². The lowest BCUT2D eigenvalue weighted by atomic mass is 10.2. The van der Waals surface area contributed by atoms with Crippen molar-refractivity contribution in [1.29, 1.82) is 0 Å². The van der Waals surface area contributed by atoms with E-state index in [0.29, 0.717) is 18.5 Å². The highest BCUT2D eigenvalue weighted by molar-refractivity contribution is 5.12. The van der Waals surface area contributed by atoms with Crippen molar-refractivity contribution in [1.82, 2.24) is 24.6 Å². The maximum Gasteiger partial charge on any atom is 0.266 e. The molecule has 2 aliphatic rings. The van der Waals surface area contributed by atoms with E-state index in [1.807, 2.05) is 18.5 Å². The van der Waals surface area contributed by atoms with Gasteiger partial charge >= 0.3 is 0 Å². The molecule has 4 rings (SSSR count). The van der Waals surface area contributed by atoms with Gasteiger partial charge in [0.05, 0.1) is 12.2 Å². The molecular weight excluding hydrogens is 290 g/mol. The minimum absolute atomic E-state index is 0.00398. The zero-order valence-corrected chi connectivity index (χ0v) is 13.1. The summed E-state index contributed by atoms with van der Waals surface area (Å²) >= 11 is 0. The Labute approximate surface area is 135 Å².